The molecule has 0 unspecified atom stereocenters. The molecule has 100 valence electrons. The average Bonchev–Trinajstić information content (AvgIpc) is 2.63. The van der Waals surface area contributed by atoms with E-state index < -0.39 is 29.2 Å². The lowest BCUT2D eigenvalue weighted by Crippen LogP contribution is -2.26. The SMILES string of the molecule is CC(C)(C)OC(=O)c1nc(C(F)(F)C(=O)O)cs1. The van der Waals surface area contributed by atoms with Crippen LogP contribution in [0.1, 0.15) is 36.3 Å². The van der Waals surface area contributed by atoms with Crippen molar-refractivity contribution < 1.29 is 28.2 Å². The second-order valence-electron chi connectivity index (χ2n) is 4.42. The van der Waals surface area contributed by atoms with E-state index >= 15 is 0 Å². The fourth-order valence-corrected chi connectivity index (χ4v) is 1.66. The smallest absolute Gasteiger partial charge is 0.385 e. The number of carbonyl (C=O) groups excluding carboxylic acids is 1. The lowest BCUT2D eigenvalue weighted by Gasteiger charge is -2.18. The van der Waals surface area contributed by atoms with Crippen LogP contribution in [0.3, 0.4) is 0 Å². The van der Waals surface area contributed by atoms with Gasteiger partial charge in [-0.15, -0.1) is 11.3 Å². The zero-order valence-electron chi connectivity index (χ0n) is 9.86. The number of carboxylic acids is 1. The van der Waals surface area contributed by atoms with Gasteiger partial charge in [-0.25, -0.2) is 14.6 Å². The molecule has 0 fully saturated rings. The molecule has 1 rings (SSSR count). The van der Waals surface area contributed by atoms with Crippen molar-refractivity contribution in [1.29, 1.82) is 0 Å². The molecule has 0 spiro atoms. The number of hydrogen-bond donors (Lipinski definition) is 1. The number of carbonyl (C=O) groups is 2. The highest BCUT2D eigenvalue weighted by Crippen LogP contribution is 2.29. The summed E-state index contributed by atoms with van der Waals surface area (Å²) in [5, 5.41) is 8.85. The van der Waals surface area contributed by atoms with Gasteiger partial charge in [0.15, 0.2) is 0 Å². The first-order valence-electron chi connectivity index (χ1n) is 4.84. The maximum Gasteiger partial charge on any atom is 0.385 e. The van der Waals surface area contributed by atoms with Crippen molar-refractivity contribution in [1.82, 2.24) is 4.98 Å². The summed E-state index contributed by atoms with van der Waals surface area (Å²) in [6, 6.07) is 0. The summed E-state index contributed by atoms with van der Waals surface area (Å²) in [6.45, 7) is 4.85. The predicted octanol–water partition coefficient (Wildman–Crippen LogP) is 2.27. The molecule has 18 heavy (non-hydrogen) atoms. The minimum absolute atomic E-state index is 0.305. The van der Waals surface area contributed by atoms with Crippen LogP contribution < -0.4 is 0 Å². The Bertz CT molecular complexity index is 478. The van der Waals surface area contributed by atoms with Crippen LogP contribution in [0.4, 0.5) is 8.78 Å². The standard InChI is InChI=1S/C10H11F2NO4S/c1-9(2,3)17-7(14)6-13-5(4-18-6)10(11,12)8(15)16/h4H,1-3H3,(H,15,16). The number of rotatable bonds is 3. The summed E-state index contributed by atoms with van der Waals surface area (Å²) >= 11 is 0.614. The van der Waals surface area contributed by atoms with Crippen molar-refractivity contribution >= 4 is 23.3 Å². The number of ether oxygens (including phenoxy) is 1. The summed E-state index contributed by atoms with van der Waals surface area (Å²) in [7, 11) is 0. The molecule has 1 aromatic rings. The molecule has 0 radical (unpaired) electrons. The molecule has 8 heteroatoms. The maximum absolute atomic E-state index is 13.1. The number of aliphatic carboxylic acids is 1. The molecule has 0 aliphatic heterocycles. The quantitative estimate of drug-likeness (QED) is 0.859. The fraction of sp³-hybridized carbons (Fsp3) is 0.500. The van der Waals surface area contributed by atoms with Crippen LogP contribution in [-0.4, -0.2) is 27.6 Å². The second-order valence-corrected chi connectivity index (χ2v) is 5.28. The van der Waals surface area contributed by atoms with Crippen molar-refractivity contribution in [3.63, 3.8) is 0 Å². The van der Waals surface area contributed by atoms with Gasteiger partial charge in [-0.3, -0.25) is 0 Å². The Balaban J connectivity index is 2.94. The Kier molecular flexibility index (Phi) is 3.70. The van der Waals surface area contributed by atoms with Crippen LogP contribution in [0.2, 0.25) is 0 Å². The van der Waals surface area contributed by atoms with Gasteiger partial charge < -0.3 is 9.84 Å². The highest BCUT2D eigenvalue weighted by molar-refractivity contribution is 7.11. The van der Waals surface area contributed by atoms with Crippen LogP contribution in [0.15, 0.2) is 5.38 Å². The van der Waals surface area contributed by atoms with E-state index in [0.717, 1.165) is 5.38 Å². The van der Waals surface area contributed by atoms with Crippen LogP contribution in [0, 0.1) is 0 Å². The van der Waals surface area contributed by atoms with Crippen molar-refractivity contribution in [2.75, 3.05) is 0 Å². The third-order valence-corrected chi connectivity index (χ3v) is 2.49. The number of alkyl halides is 2. The summed E-state index contributed by atoms with van der Waals surface area (Å²) in [4.78, 5) is 25.1. The first-order valence-corrected chi connectivity index (χ1v) is 5.72. The molecule has 1 aromatic heterocycles. The number of thiazole rings is 1. The normalized spacial score (nSPS) is 12.3. The van der Waals surface area contributed by atoms with Crippen LogP contribution in [0.5, 0.6) is 0 Å². The van der Waals surface area contributed by atoms with Gasteiger partial charge in [0.2, 0.25) is 5.01 Å². The van der Waals surface area contributed by atoms with Crippen molar-refractivity contribution in [2.24, 2.45) is 0 Å². The van der Waals surface area contributed by atoms with Gasteiger partial charge in [-0.2, -0.15) is 8.78 Å². The van der Waals surface area contributed by atoms with E-state index in [1.807, 2.05) is 0 Å². The van der Waals surface area contributed by atoms with Crippen molar-refractivity contribution in [3.05, 3.63) is 16.1 Å². The summed E-state index contributed by atoms with van der Waals surface area (Å²) in [6.07, 6.45) is 0. The van der Waals surface area contributed by atoms with Gasteiger partial charge in [0.05, 0.1) is 0 Å². The van der Waals surface area contributed by atoms with Gasteiger partial charge >= 0.3 is 17.9 Å². The van der Waals surface area contributed by atoms with Crippen LogP contribution >= 0.6 is 11.3 Å². The monoisotopic (exact) mass is 279 g/mol. The molecule has 0 aliphatic rings. The van der Waals surface area contributed by atoms with E-state index in [2.05, 4.69) is 4.98 Å². The molecule has 1 heterocycles. The topological polar surface area (TPSA) is 76.5 Å². The molecule has 0 saturated heterocycles. The van der Waals surface area contributed by atoms with E-state index in [9.17, 15) is 18.4 Å². The van der Waals surface area contributed by atoms with Crippen molar-refractivity contribution in [3.8, 4) is 0 Å². The number of halogens is 2. The van der Waals surface area contributed by atoms with Gasteiger partial charge in [-0.05, 0) is 20.8 Å². The van der Waals surface area contributed by atoms with E-state index in [-0.39, 0.29) is 5.01 Å². The van der Waals surface area contributed by atoms with Gasteiger partial charge in [0.1, 0.15) is 11.3 Å². The first-order chi connectivity index (χ1) is 8.04. The average molecular weight is 279 g/mol. The molecule has 0 bridgehead atoms. The third kappa shape index (κ3) is 3.22. The van der Waals surface area contributed by atoms with E-state index in [1.54, 1.807) is 20.8 Å². The lowest BCUT2D eigenvalue weighted by atomic mass is 10.2. The Morgan fingerprint density at radius 3 is 2.39 bits per heavy atom. The Morgan fingerprint density at radius 2 is 1.94 bits per heavy atom. The number of aromatic nitrogens is 1. The van der Waals surface area contributed by atoms with E-state index in [0.29, 0.717) is 11.3 Å². The highest BCUT2D eigenvalue weighted by Gasteiger charge is 2.44. The van der Waals surface area contributed by atoms with Gasteiger partial charge in [0.25, 0.3) is 0 Å². The predicted molar refractivity (Wildman–Crippen MR) is 58.8 cm³/mol. The van der Waals surface area contributed by atoms with Gasteiger partial charge in [0, 0.05) is 5.38 Å². The number of esters is 1. The lowest BCUT2D eigenvalue weighted by molar-refractivity contribution is -0.166. The summed E-state index contributed by atoms with van der Waals surface area (Å²) in [5.74, 6) is -7.29. The largest absolute Gasteiger partial charge is 0.476 e. The minimum Gasteiger partial charge on any atom is -0.476 e. The molecular weight excluding hydrogens is 268 g/mol. The first kappa shape index (κ1) is 14.5. The molecule has 0 aliphatic carbocycles. The van der Waals surface area contributed by atoms with Crippen LogP contribution in [0.25, 0.3) is 0 Å². The Hall–Kier alpha value is -1.57. The number of carboxylic acid groups (broad SMARTS) is 1. The summed E-state index contributed by atoms with van der Waals surface area (Å²) < 4.78 is 31.1. The minimum atomic E-state index is -4.11. The van der Waals surface area contributed by atoms with Crippen LogP contribution in [-0.2, 0) is 15.5 Å². The third-order valence-electron chi connectivity index (χ3n) is 1.67. The highest BCUT2D eigenvalue weighted by atomic mass is 32.1. The Morgan fingerprint density at radius 1 is 1.39 bits per heavy atom. The molecular formula is C10H11F2NO4S. The second kappa shape index (κ2) is 4.60. The molecule has 0 atom stereocenters. The van der Waals surface area contributed by atoms with E-state index in [1.165, 1.54) is 0 Å². The molecule has 0 saturated carbocycles. The molecule has 0 amide bonds. The molecule has 1 N–H and O–H groups in total. The summed E-state index contributed by atoms with van der Waals surface area (Å²) in [5.41, 5.74) is -1.75. The number of nitrogens with zero attached hydrogens (tertiary/aromatic N) is 1. The van der Waals surface area contributed by atoms with E-state index in [4.69, 9.17) is 9.84 Å². The Labute approximate surface area is 105 Å². The number of hydrogen-bond acceptors (Lipinski definition) is 5. The van der Waals surface area contributed by atoms with Gasteiger partial charge in [-0.1, -0.05) is 0 Å². The maximum atomic E-state index is 13.1. The van der Waals surface area contributed by atoms with Crippen molar-refractivity contribution in [2.45, 2.75) is 32.3 Å². The fourth-order valence-electron chi connectivity index (χ4n) is 0.943. The zero-order valence-corrected chi connectivity index (χ0v) is 10.7. The zero-order chi connectivity index (χ0) is 14.1. The molecule has 0 aromatic carbocycles. The molecule has 5 nitrogen and oxygen atoms in total.